The standard InChI is InChI=1S/C14H19NO/c15-14(11-2-1-3-12(16)8-11)13-7-9-4-5-10(13)6-9/h1-3,8-10,13-14,16H,4-7,15H2. The number of hydrogen-bond donors (Lipinski definition) is 2. The smallest absolute Gasteiger partial charge is 0.115 e. The highest BCUT2D eigenvalue weighted by Crippen LogP contribution is 2.52. The zero-order chi connectivity index (χ0) is 11.1. The highest BCUT2D eigenvalue weighted by Gasteiger charge is 2.42. The molecule has 4 atom stereocenters. The van der Waals surface area contributed by atoms with Crippen LogP contribution in [0.25, 0.3) is 0 Å². The molecular formula is C14H19NO. The van der Waals surface area contributed by atoms with E-state index in [0.717, 1.165) is 17.4 Å². The lowest BCUT2D eigenvalue weighted by atomic mass is 9.81. The molecule has 3 N–H and O–H groups in total. The van der Waals surface area contributed by atoms with E-state index in [4.69, 9.17) is 5.73 Å². The zero-order valence-corrected chi connectivity index (χ0v) is 9.47. The Morgan fingerprint density at radius 1 is 1.25 bits per heavy atom. The summed E-state index contributed by atoms with van der Waals surface area (Å²) in [6, 6.07) is 7.56. The first-order valence-electron chi connectivity index (χ1n) is 6.28. The maximum Gasteiger partial charge on any atom is 0.115 e. The molecule has 16 heavy (non-hydrogen) atoms. The topological polar surface area (TPSA) is 46.2 Å². The van der Waals surface area contributed by atoms with Crippen LogP contribution in [0, 0.1) is 17.8 Å². The summed E-state index contributed by atoms with van der Waals surface area (Å²) in [5.41, 5.74) is 7.44. The van der Waals surface area contributed by atoms with Crippen molar-refractivity contribution in [3.05, 3.63) is 29.8 Å². The molecule has 4 unspecified atom stereocenters. The van der Waals surface area contributed by atoms with Crippen molar-refractivity contribution in [3.8, 4) is 5.75 Å². The highest BCUT2D eigenvalue weighted by molar-refractivity contribution is 5.30. The van der Waals surface area contributed by atoms with Gasteiger partial charge in [-0.2, -0.15) is 0 Å². The number of rotatable bonds is 2. The fourth-order valence-electron chi connectivity index (χ4n) is 3.71. The van der Waals surface area contributed by atoms with E-state index in [0.29, 0.717) is 11.7 Å². The fourth-order valence-corrected chi connectivity index (χ4v) is 3.71. The van der Waals surface area contributed by atoms with Gasteiger partial charge in [0, 0.05) is 6.04 Å². The summed E-state index contributed by atoms with van der Waals surface area (Å²) >= 11 is 0. The Hall–Kier alpha value is -1.02. The lowest BCUT2D eigenvalue weighted by Gasteiger charge is -2.28. The van der Waals surface area contributed by atoms with Gasteiger partial charge in [-0.1, -0.05) is 18.6 Å². The van der Waals surface area contributed by atoms with Gasteiger partial charge in [-0.3, -0.25) is 0 Å². The third-order valence-corrected chi connectivity index (χ3v) is 4.51. The molecule has 0 radical (unpaired) electrons. The van der Waals surface area contributed by atoms with Crippen LogP contribution in [0.4, 0.5) is 0 Å². The third kappa shape index (κ3) is 1.61. The molecule has 1 aromatic rings. The molecule has 0 heterocycles. The summed E-state index contributed by atoms with van der Waals surface area (Å²) in [6.45, 7) is 0. The summed E-state index contributed by atoms with van der Waals surface area (Å²) in [6.07, 6.45) is 5.45. The first-order chi connectivity index (χ1) is 7.74. The molecule has 0 saturated heterocycles. The second kappa shape index (κ2) is 3.77. The van der Waals surface area contributed by atoms with Crippen molar-refractivity contribution in [2.45, 2.75) is 31.7 Å². The van der Waals surface area contributed by atoms with Crippen molar-refractivity contribution in [2.24, 2.45) is 23.5 Å². The van der Waals surface area contributed by atoms with E-state index in [1.54, 1.807) is 6.07 Å². The van der Waals surface area contributed by atoms with Gasteiger partial charge in [0.1, 0.15) is 5.75 Å². The number of fused-ring (bicyclic) bond motifs is 2. The van der Waals surface area contributed by atoms with Gasteiger partial charge in [0.05, 0.1) is 0 Å². The van der Waals surface area contributed by atoms with Crippen molar-refractivity contribution in [1.82, 2.24) is 0 Å². The SMILES string of the molecule is NC(c1cccc(O)c1)C1CC2CCC1C2. The van der Waals surface area contributed by atoms with Crippen molar-refractivity contribution < 1.29 is 5.11 Å². The van der Waals surface area contributed by atoms with Gasteiger partial charge >= 0.3 is 0 Å². The van der Waals surface area contributed by atoms with Crippen LogP contribution in [0.1, 0.15) is 37.3 Å². The first kappa shape index (κ1) is 10.2. The second-order valence-corrected chi connectivity index (χ2v) is 5.46. The predicted molar refractivity (Wildman–Crippen MR) is 64.0 cm³/mol. The quantitative estimate of drug-likeness (QED) is 0.800. The molecule has 0 aromatic heterocycles. The Labute approximate surface area is 96.5 Å². The van der Waals surface area contributed by atoms with Crippen molar-refractivity contribution in [2.75, 3.05) is 0 Å². The summed E-state index contributed by atoms with van der Waals surface area (Å²) in [5, 5.41) is 9.48. The number of nitrogens with two attached hydrogens (primary N) is 1. The largest absolute Gasteiger partial charge is 0.508 e. The highest BCUT2D eigenvalue weighted by atomic mass is 16.3. The number of aromatic hydroxyl groups is 1. The Bertz CT molecular complexity index is 390. The molecule has 3 rings (SSSR count). The van der Waals surface area contributed by atoms with E-state index < -0.39 is 0 Å². The van der Waals surface area contributed by atoms with E-state index in [-0.39, 0.29) is 6.04 Å². The van der Waals surface area contributed by atoms with E-state index in [1.807, 2.05) is 18.2 Å². The molecule has 2 fully saturated rings. The third-order valence-electron chi connectivity index (χ3n) is 4.51. The number of phenolic OH excluding ortho intramolecular Hbond substituents is 1. The van der Waals surface area contributed by atoms with Gasteiger partial charge in [0.2, 0.25) is 0 Å². The average molecular weight is 217 g/mol. The van der Waals surface area contributed by atoms with Gasteiger partial charge in [-0.15, -0.1) is 0 Å². The number of benzene rings is 1. The van der Waals surface area contributed by atoms with Crippen LogP contribution >= 0.6 is 0 Å². The molecule has 1 aromatic carbocycles. The molecule has 2 saturated carbocycles. The minimum Gasteiger partial charge on any atom is -0.508 e. The Morgan fingerprint density at radius 2 is 2.12 bits per heavy atom. The van der Waals surface area contributed by atoms with Crippen molar-refractivity contribution in [3.63, 3.8) is 0 Å². The van der Waals surface area contributed by atoms with Gasteiger partial charge in [0.15, 0.2) is 0 Å². The van der Waals surface area contributed by atoms with Crippen molar-refractivity contribution >= 4 is 0 Å². The molecule has 2 aliphatic carbocycles. The van der Waals surface area contributed by atoms with E-state index in [1.165, 1.54) is 25.7 Å². The van der Waals surface area contributed by atoms with Crippen LogP contribution in [-0.4, -0.2) is 5.11 Å². The molecule has 2 bridgehead atoms. The fraction of sp³-hybridized carbons (Fsp3) is 0.571. The Morgan fingerprint density at radius 3 is 2.75 bits per heavy atom. The van der Waals surface area contributed by atoms with Gasteiger partial charge < -0.3 is 10.8 Å². The minimum atomic E-state index is 0.113. The van der Waals surface area contributed by atoms with Gasteiger partial charge in [-0.05, 0) is 54.7 Å². The van der Waals surface area contributed by atoms with E-state index in [2.05, 4.69) is 0 Å². The Kier molecular flexibility index (Phi) is 2.40. The molecule has 0 aliphatic heterocycles. The molecule has 2 nitrogen and oxygen atoms in total. The van der Waals surface area contributed by atoms with E-state index in [9.17, 15) is 5.11 Å². The summed E-state index contributed by atoms with van der Waals surface area (Å²) in [5.74, 6) is 2.73. The van der Waals surface area contributed by atoms with Gasteiger partial charge in [-0.25, -0.2) is 0 Å². The van der Waals surface area contributed by atoms with Crippen LogP contribution in [0.3, 0.4) is 0 Å². The Balaban J connectivity index is 1.80. The monoisotopic (exact) mass is 217 g/mol. The predicted octanol–water partition coefficient (Wildman–Crippen LogP) is 2.83. The lowest BCUT2D eigenvalue weighted by molar-refractivity contribution is 0.284. The average Bonchev–Trinajstić information content (AvgIpc) is 2.89. The van der Waals surface area contributed by atoms with Gasteiger partial charge in [0.25, 0.3) is 0 Å². The van der Waals surface area contributed by atoms with Crippen LogP contribution < -0.4 is 5.73 Å². The normalized spacial score (nSPS) is 34.2. The second-order valence-electron chi connectivity index (χ2n) is 5.46. The van der Waals surface area contributed by atoms with Crippen LogP contribution in [0.5, 0.6) is 5.75 Å². The molecule has 0 amide bonds. The minimum absolute atomic E-state index is 0.113. The molecule has 86 valence electrons. The zero-order valence-electron chi connectivity index (χ0n) is 9.47. The lowest BCUT2D eigenvalue weighted by Crippen LogP contribution is -2.25. The molecule has 2 heteroatoms. The van der Waals surface area contributed by atoms with Crippen LogP contribution in [0.15, 0.2) is 24.3 Å². The summed E-state index contributed by atoms with van der Waals surface area (Å²) in [4.78, 5) is 0. The van der Waals surface area contributed by atoms with Crippen LogP contribution in [-0.2, 0) is 0 Å². The maximum atomic E-state index is 9.48. The maximum absolute atomic E-state index is 9.48. The van der Waals surface area contributed by atoms with Crippen molar-refractivity contribution in [1.29, 1.82) is 0 Å². The number of hydrogen-bond acceptors (Lipinski definition) is 2. The number of phenols is 1. The summed E-state index contributed by atoms with van der Waals surface area (Å²) < 4.78 is 0. The molecule has 0 spiro atoms. The van der Waals surface area contributed by atoms with E-state index >= 15 is 0 Å². The molecule has 2 aliphatic rings. The first-order valence-corrected chi connectivity index (χ1v) is 6.28. The molecular weight excluding hydrogens is 198 g/mol. The van der Waals surface area contributed by atoms with Crippen LogP contribution in [0.2, 0.25) is 0 Å². The summed E-state index contributed by atoms with van der Waals surface area (Å²) in [7, 11) is 0.